The number of carbonyl (C=O) groups excluding carboxylic acids is 2. The topological polar surface area (TPSA) is 87.7 Å². The van der Waals surface area contributed by atoms with Crippen LogP contribution in [0.5, 0.6) is 0 Å². The normalized spacial score (nSPS) is 11.7. The van der Waals surface area contributed by atoms with Crippen molar-refractivity contribution in [1.82, 2.24) is 5.32 Å². The minimum absolute atomic E-state index is 0.0531. The van der Waals surface area contributed by atoms with Gasteiger partial charge >= 0.3 is 11.8 Å². The summed E-state index contributed by atoms with van der Waals surface area (Å²) in [5, 5.41) is 13.8. The number of carbonyl (C=O) groups is 2. The molecule has 0 aromatic heterocycles. The number of aliphatic hydroxyl groups excluding tert-OH is 1. The Morgan fingerprint density at radius 1 is 1.11 bits per heavy atom. The zero-order chi connectivity index (χ0) is 19.8. The summed E-state index contributed by atoms with van der Waals surface area (Å²) in [6.45, 7) is 3.55. The SMILES string of the molecule is Cc1ccc(C(CNC(=O)C(=O)Nc2ccc(C)c(F)c2)OCCO)cc1. The largest absolute Gasteiger partial charge is 0.394 e. The van der Waals surface area contributed by atoms with Crippen LogP contribution in [0, 0.1) is 19.7 Å². The third kappa shape index (κ3) is 6.16. The van der Waals surface area contributed by atoms with Crippen molar-refractivity contribution in [2.75, 3.05) is 25.1 Å². The first-order valence-electron chi connectivity index (χ1n) is 8.55. The van der Waals surface area contributed by atoms with Gasteiger partial charge in [0.05, 0.1) is 19.3 Å². The van der Waals surface area contributed by atoms with E-state index in [1.165, 1.54) is 12.1 Å². The van der Waals surface area contributed by atoms with Crippen LogP contribution in [-0.4, -0.2) is 36.7 Å². The highest BCUT2D eigenvalue weighted by molar-refractivity contribution is 6.39. The second-order valence-electron chi connectivity index (χ2n) is 6.12. The second kappa shape index (κ2) is 9.80. The lowest BCUT2D eigenvalue weighted by Gasteiger charge is -2.18. The predicted octanol–water partition coefficient (Wildman–Crippen LogP) is 2.25. The van der Waals surface area contributed by atoms with E-state index in [-0.39, 0.29) is 25.4 Å². The number of hydrogen-bond donors (Lipinski definition) is 3. The summed E-state index contributed by atoms with van der Waals surface area (Å²) in [5.41, 5.74) is 2.54. The van der Waals surface area contributed by atoms with E-state index >= 15 is 0 Å². The maximum absolute atomic E-state index is 13.5. The smallest absolute Gasteiger partial charge is 0.313 e. The molecule has 0 aliphatic carbocycles. The highest BCUT2D eigenvalue weighted by Crippen LogP contribution is 2.17. The minimum atomic E-state index is -0.900. The molecule has 1 atom stereocenters. The predicted molar refractivity (Wildman–Crippen MR) is 99.7 cm³/mol. The van der Waals surface area contributed by atoms with Crippen molar-refractivity contribution >= 4 is 17.5 Å². The first-order chi connectivity index (χ1) is 12.9. The van der Waals surface area contributed by atoms with Gasteiger partial charge in [-0.3, -0.25) is 9.59 Å². The van der Waals surface area contributed by atoms with E-state index in [9.17, 15) is 14.0 Å². The third-order valence-electron chi connectivity index (χ3n) is 3.94. The van der Waals surface area contributed by atoms with Gasteiger partial charge < -0.3 is 20.5 Å². The number of benzene rings is 2. The highest BCUT2D eigenvalue weighted by Gasteiger charge is 2.18. The molecule has 2 aromatic rings. The molecule has 0 fully saturated rings. The fraction of sp³-hybridized carbons (Fsp3) is 0.300. The molecule has 0 spiro atoms. The van der Waals surface area contributed by atoms with Gasteiger partial charge in [0.15, 0.2) is 0 Å². The average Bonchev–Trinajstić information content (AvgIpc) is 2.65. The number of rotatable bonds is 7. The second-order valence-corrected chi connectivity index (χ2v) is 6.12. The van der Waals surface area contributed by atoms with Gasteiger partial charge in [-0.1, -0.05) is 35.9 Å². The molecular weight excluding hydrogens is 351 g/mol. The minimum Gasteiger partial charge on any atom is -0.394 e. The zero-order valence-electron chi connectivity index (χ0n) is 15.3. The monoisotopic (exact) mass is 374 g/mol. The molecule has 1 unspecified atom stereocenters. The van der Waals surface area contributed by atoms with E-state index in [4.69, 9.17) is 9.84 Å². The molecule has 2 rings (SSSR count). The number of aliphatic hydroxyl groups is 1. The molecule has 144 valence electrons. The molecule has 0 aliphatic rings. The summed E-state index contributed by atoms with van der Waals surface area (Å²) in [7, 11) is 0. The molecule has 0 saturated heterocycles. The molecule has 0 saturated carbocycles. The summed E-state index contributed by atoms with van der Waals surface area (Å²) < 4.78 is 19.1. The summed E-state index contributed by atoms with van der Waals surface area (Å²) in [6.07, 6.45) is -0.508. The van der Waals surface area contributed by atoms with Crippen molar-refractivity contribution in [3.8, 4) is 0 Å². The van der Waals surface area contributed by atoms with Crippen LogP contribution in [0.2, 0.25) is 0 Å². The molecule has 2 amide bonds. The Kier molecular flexibility index (Phi) is 7.45. The lowest BCUT2D eigenvalue weighted by atomic mass is 10.1. The lowest BCUT2D eigenvalue weighted by molar-refractivity contribution is -0.136. The average molecular weight is 374 g/mol. The summed E-state index contributed by atoms with van der Waals surface area (Å²) in [6, 6.07) is 11.7. The third-order valence-corrected chi connectivity index (χ3v) is 3.94. The van der Waals surface area contributed by atoms with E-state index in [0.717, 1.165) is 17.2 Å². The molecule has 6 nitrogen and oxygen atoms in total. The van der Waals surface area contributed by atoms with Crippen LogP contribution in [0.15, 0.2) is 42.5 Å². The van der Waals surface area contributed by atoms with E-state index in [1.54, 1.807) is 6.92 Å². The number of amides is 2. The maximum atomic E-state index is 13.5. The number of ether oxygens (including phenoxy) is 1. The molecule has 0 heterocycles. The quantitative estimate of drug-likeness (QED) is 0.649. The van der Waals surface area contributed by atoms with E-state index < -0.39 is 23.7 Å². The van der Waals surface area contributed by atoms with E-state index in [1.807, 2.05) is 31.2 Å². The molecular formula is C20H23FN2O4. The van der Waals surface area contributed by atoms with Crippen LogP contribution in [0.1, 0.15) is 22.8 Å². The fourth-order valence-corrected chi connectivity index (χ4v) is 2.37. The van der Waals surface area contributed by atoms with Crippen molar-refractivity contribution in [2.45, 2.75) is 20.0 Å². The molecule has 0 radical (unpaired) electrons. The zero-order valence-corrected chi connectivity index (χ0v) is 15.3. The Hall–Kier alpha value is -2.77. The van der Waals surface area contributed by atoms with Crippen molar-refractivity contribution in [1.29, 1.82) is 0 Å². The number of aryl methyl sites for hydroxylation is 2. The fourth-order valence-electron chi connectivity index (χ4n) is 2.37. The van der Waals surface area contributed by atoms with Gasteiger partial charge in [0, 0.05) is 12.2 Å². The Morgan fingerprint density at radius 2 is 1.81 bits per heavy atom. The molecule has 3 N–H and O–H groups in total. The van der Waals surface area contributed by atoms with Crippen molar-refractivity contribution in [2.24, 2.45) is 0 Å². The van der Waals surface area contributed by atoms with Gasteiger partial charge in [-0.2, -0.15) is 0 Å². The van der Waals surface area contributed by atoms with Gasteiger partial charge in [0.25, 0.3) is 0 Å². The van der Waals surface area contributed by atoms with Gasteiger partial charge in [-0.25, -0.2) is 4.39 Å². The van der Waals surface area contributed by atoms with Gasteiger partial charge in [-0.05, 0) is 37.1 Å². The molecule has 7 heteroatoms. The summed E-state index contributed by atoms with van der Waals surface area (Å²) in [4.78, 5) is 24.0. The maximum Gasteiger partial charge on any atom is 0.313 e. The molecule has 27 heavy (non-hydrogen) atoms. The first kappa shape index (κ1) is 20.5. The standard InChI is InChI=1S/C20H23FN2O4/c1-13-3-6-15(7-4-13)18(27-10-9-24)12-22-19(25)20(26)23-16-8-5-14(2)17(21)11-16/h3-8,11,18,24H,9-10,12H2,1-2H3,(H,22,25)(H,23,26). The van der Waals surface area contributed by atoms with Crippen LogP contribution in [0.25, 0.3) is 0 Å². The number of halogens is 1. The van der Waals surface area contributed by atoms with Crippen LogP contribution >= 0.6 is 0 Å². The number of anilines is 1. The van der Waals surface area contributed by atoms with Crippen molar-refractivity contribution < 1.29 is 23.8 Å². The van der Waals surface area contributed by atoms with E-state index in [0.29, 0.717) is 5.56 Å². The number of hydrogen-bond acceptors (Lipinski definition) is 4. The van der Waals surface area contributed by atoms with Gasteiger partial charge in [0.1, 0.15) is 5.82 Å². The van der Waals surface area contributed by atoms with Gasteiger partial charge in [0.2, 0.25) is 0 Å². The lowest BCUT2D eigenvalue weighted by Crippen LogP contribution is -2.38. The summed E-state index contributed by atoms with van der Waals surface area (Å²) in [5.74, 6) is -2.23. The number of nitrogens with one attached hydrogen (secondary N) is 2. The van der Waals surface area contributed by atoms with Gasteiger partial charge in [-0.15, -0.1) is 0 Å². The Balaban J connectivity index is 1.96. The molecule has 0 aliphatic heterocycles. The van der Waals surface area contributed by atoms with Crippen LogP contribution < -0.4 is 10.6 Å². The van der Waals surface area contributed by atoms with Crippen molar-refractivity contribution in [3.05, 3.63) is 65.0 Å². The highest BCUT2D eigenvalue weighted by atomic mass is 19.1. The Labute approximate surface area is 157 Å². The van der Waals surface area contributed by atoms with Crippen LogP contribution in [-0.2, 0) is 14.3 Å². The van der Waals surface area contributed by atoms with Crippen LogP contribution in [0.3, 0.4) is 0 Å². The van der Waals surface area contributed by atoms with E-state index in [2.05, 4.69) is 10.6 Å². The molecule has 2 aromatic carbocycles. The van der Waals surface area contributed by atoms with Crippen LogP contribution in [0.4, 0.5) is 10.1 Å². The Morgan fingerprint density at radius 3 is 2.44 bits per heavy atom. The summed E-state index contributed by atoms with van der Waals surface area (Å²) >= 11 is 0. The molecule has 0 bridgehead atoms. The Bertz CT molecular complexity index is 793. The first-order valence-corrected chi connectivity index (χ1v) is 8.55. The van der Waals surface area contributed by atoms with Crippen molar-refractivity contribution in [3.63, 3.8) is 0 Å².